The quantitative estimate of drug-likeness (QED) is 0.823. The fraction of sp³-hybridized carbons (Fsp3) is 0.368. The number of hydrogen-bond acceptors (Lipinski definition) is 2. The van der Waals surface area contributed by atoms with Crippen molar-refractivity contribution in [2.75, 3.05) is 11.9 Å². The van der Waals surface area contributed by atoms with Crippen molar-refractivity contribution in [1.82, 2.24) is 10.3 Å². The second kappa shape index (κ2) is 7.55. The molecule has 0 bridgehead atoms. The van der Waals surface area contributed by atoms with Crippen LogP contribution in [0.3, 0.4) is 0 Å². The van der Waals surface area contributed by atoms with E-state index in [-0.39, 0.29) is 5.41 Å². The second-order valence-corrected chi connectivity index (χ2v) is 6.66. The van der Waals surface area contributed by atoms with Crippen molar-refractivity contribution in [1.29, 1.82) is 0 Å². The molecule has 0 unspecified atom stereocenters. The van der Waals surface area contributed by atoms with Gasteiger partial charge in [-0.3, -0.25) is 4.98 Å². The molecule has 0 radical (unpaired) electrons. The van der Waals surface area contributed by atoms with Gasteiger partial charge in [0, 0.05) is 30.0 Å². The summed E-state index contributed by atoms with van der Waals surface area (Å²) in [6, 6.07) is 14.7. The van der Waals surface area contributed by atoms with Gasteiger partial charge in [-0.25, -0.2) is 0 Å². The molecule has 0 amide bonds. The highest BCUT2D eigenvalue weighted by Gasteiger charge is 2.33. The molecule has 4 heteroatoms. The predicted molar refractivity (Wildman–Crippen MR) is 99.7 cm³/mol. The van der Waals surface area contributed by atoms with Gasteiger partial charge in [-0.05, 0) is 42.8 Å². The van der Waals surface area contributed by atoms with E-state index >= 15 is 0 Å². The van der Waals surface area contributed by atoms with Gasteiger partial charge in [0.25, 0.3) is 0 Å². The Morgan fingerprint density at radius 1 is 1.00 bits per heavy atom. The number of rotatable bonds is 4. The normalized spacial score (nSPS) is 16.5. The van der Waals surface area contributed by atoms with Crippen LogP contribution >= 0.6 is 12.2 Å². The van der Waals surface area contributed by atoms with Crippen LogP contribution in [0.4, 0.5) is 5.69 Å². The summed E-state index contributed by atoms with van der Waals surface area (Å²) in [4.78, 5) is 4.02. The van der Waals surface area contributed by atoms with Gasteiger partial charge in [-0.1, -0.05) is 49.6 Å². The summed E-state index contributed by atoms with van der Waals surface area (Å²) in [5.41, 5.74) is 2.59. The van der Waals surface area contributed by atoms with Crippen molar-refractivity contribution in [2.45, 2.75) is 37.5 Å². The van der Waals surface area contributed by atoms with E-state index in [0.717, 1.165) is 12.2 Å². The number of nitrogens with one attached hydrogen (secondary N) is 2. The molecule has 1 aliphatic rings. The molecule has 3 nitrogen and oxygen atoms in total. The van der Waals surface area contributed by atoms with Crippen LogP contribution in [0.15, 0.2) is 54.9 Å². The van der Waals surface area contributed by atoms with E-state index in [9.17, 15) is 0 Å². The van der Waals surface area contributed by atoms with Crippen molar-refractivity contribution in [3.63, 3.8) is 0 Å². The summed E-state index contributed by atoms with van der Waals surface area (Å²) >= 11 is 5.46. The fourth-order valence-corrected chi connectivity index (χ4v) is 3.64. The van der Waals surface area contributed by atoms with Gasteiger partial charge < -0.3 is 10.6 Å². The molecule has 2 N–H and O–H groups in total. The molecule has 1 aromatic carbocycles. The first-order valence-electron chi connectivity index (χ1n) is 8.29. The third-order valence-corrected chi connectivity index (χ3v) is 4.97. The lowest BCUT2D eigenvalue weighted by Gasteiger charge is -2.38. The van der Waals surface area contributed by atoms with E-state index in [2.05, 4.69) is 45.9 Å². The highest BCUT2D eigenvalue weighted by atomic mass is 32.1. The number of benzene rings is 1. The number of nitrogens with zero attached hydrogens (tertiary/aromatic N) is 1. The molecule has 1 heterocycles. The number of pyridine rings is 1. The van der Waals surface area contributed by atoms with Crippen LogP contribution in [-0.2, 0) is 5.41 Å². The molecule has 0 spiro atoms. The zero-order valence-corrected chi connectivity index (χ0v) is 14.1. The molecule has 1 aliphatic carbocycles. The average Bonchev–Trinajstić information content (AvgIpc) is 2.62. The molecule has 2 aromatic rings. The highest BCUT2D eigenvalue weighted by Crippen LogP contribution is 2.38. The topological polar surface area (TPSA) is 37.0 Å². The second-order valence-electron chi connectivity index (χ2n) is 6.25. The Balaban J connectivity index is 1.66. The van der Waals surface area contributed by atoms with Gasteiger partial charge in [-0.2, -0.15) is 0 Å². The van der Waals surface area contributed by atoms with E-state index in [1.165, 1.54) is 37.7 Å². The van der Waals surface area contributed by atoms with Gasteiger partial charge in [-0.15, -0.1) is 0 Å². The van der Waals surface area contributed by atoms with E-state index in [1.807, 2.05) is 12.1 Å². The Bertz CT molecular complexity index is 622. The van der Waals surface area contributed by atoms with Crippen LogP contribution in [-0.4, -0.2) is 16.6 Å². The third kappa shape index (κ3) is 4.08. The minimum absolute atomic E-state index is 0.198. The summed E-state index contributed by atoms with van der Waals surface area (Å²) in [5, 5.41) is 7.35. The predicted octanol–water partition coefficient (Wildman–Crippen LogP) is 4.27. The van der Waals surface area contributed by atoms with Crippen LogP contribution in [0, 0.1) is 0 Å². The largest absolute Gasteiger partial charge is 0.362 e. The molecule has 1 fully saturated rings. The van der Waals surface area contributed by atoms with E-state index in [1.54, 1.807) is 12.4 Å². The number of anilines is 1. The van der Waals surface area contributed by atoms with Crippen molar-refractivity contribution >= 4 is 23.0 Å². The molecular formula is C19H23N3S. The molecule has 1 saturated carbocycles. The summed E-state index contributed by atoms with van der Waals surface area (Å²) in [6.07, 6.45) is 9.90. The van der Waals surface area contributed by atoms with E-state index in [0.29, 0.717) is 5.11 Å². The van der Waals surface area contributed by atoms with Crippen LogP contribution in [0.2, 0.25) is 0 Å². The Morgan fingerprint density at radius 2 is 1.70 bits per heavy atom. The lowest BCUT2D eigenvalue weighted by Crippen LogP contribution is -2.43. The molecule has 23 heavy (non-hydrogen) atoms. The van der Waals surface area contributed by atoms with Crippen LogP contribution in [0.5, 0.6) is 0 Å². The molecule has 0 aliphatic heterocycles. The molecule has 120 valence electrons. The van der Waals surface area contributed by atoms with Gasteiger partial charge in [0.1, 0.15) is 0 Å². The Kier molecular flexibility index (Phi) is 5.23. The SMILES string of the molecule is S=C(NCC1(c2ccccc2)CCCCC1)Nc1ccncc1. The summed E-state index contributed by atoms with van der Waals surface area (Å²) in [6.45, 7) is 0.883. The monoisotopic (exact) mass is 325 g/mol. The minimum atomic E-state index is 0.198. The molecule has 0 saturated heterocycles. The lowest BCUT2D eigenvalue weighted by molar-refractivity contribution is 0.292. The Labute approximate surface area is 143 Å². The van der Waals surface area contributed by atoms with Gasteiger partial charge >= 0.3 is 0 Å². The number of hydrogen-bond donors (Lipinski definition) is 2. The maximum absolute atomic E-state index is 5.46. The van der Waals surface area contributed by atoms with Gasteiger partial charge in [0.15, 0.2) is 5.11 Å². The maximum atomic E-state index is 5.46. The van der Waals surface area contributed by atoms with E-state index in [4.69, 9.17) is 12.2 Å². The van der Waals surface area contributed by atoms with Crippen molar-refractivity contribution in [2.24, 2.45) is 0 Å². The van der Waals surface area contributed by atoms with E-state index < -0.39 is 0 Å². The summed E-state index contributed by atoms with van der Waals surface area (Å²) in [5.74, 6) is 0. The van der Waals surface area contributed by atoms with Crippen LogP contribution in [0.25, 0.3) is 0 Å². The maximum Gasteiger partial charge on any atom is 0.170 e. The first kappa shape index (κ1) is 15.9. The fourth-order valence-electron chi connectivity index (χ4n) is 3.45. The summed E-state index contributed by atoms with van der Waals surface area (Å²) < 4.78 is 0. The minimum Gasteiger partial charge on any atom is -0.362 e. The zero-order valence-electron chi connectivity index (χ0n) is 13.3. The zero-order chi connectivity index (χ0) is 16.0. The van der Waals surface area contributed by atoms with Crippen LogP contribution < -0.4 is 10.6 Å². The molecule has 1 aromatic heterocycles. The lowest BCUT2D eigenvalue weighted by atomic mass is 9.69. The molecule has 0 atom stereocenters. The standard InChI is InChI=1S/C19H23N3S/c23-18(22-17-9-13-20-14-10-17)21-15-19(11-5-2-6-12-19)16-7-3-1-4-8-16/h1,3-4,7-10,13-14H,2,5-6,11-12,15H2,(H2,20,21,22,23). The van der Waals surface area contributed by atoms with Gasteiger partial charge in [0.05, 0.1) is 0 Å². The first-order chi connectivity index (χ1) is 11.3. The Morgan fingerprint density at radius 3 is 2.39 bits per heavy atom. The smallest absolute Gasteiger partial charge is 0.170 e. The van der Waals surface area contributed by atoms with Gasteiger partial charge in [0.2, 0.25) is 0 Å². The first-order valence-corrected chi connectivity index (χ1v) is 8.70. The molecular weight excluding hydrogens is 302 g/mol. The summed E-state index contributed by atoms with van der Waals surface area (Å²) in [7, 11) is 0. The highest BCUT2D eigenvalue weighted by molar-refractivity contribution is 7.80. The molecule has 3 rings (SSSR count). The average molecular weight is 325 g/mol. The van der Waals surface area contributed by atoms with Crippen molar-refractivity contribution in [3.05, 3.63) is 60.4 Å². The van der Waals surface area contributed by atoms with Crippen molar-refractivity contribution < 1.29 is 0 Å². The number of thiocarbonyl (C=S) groups is 1. The third-order valence-electron chi connectivity index (χ3n) is 4.72. The Hall–Kier alpha value is -1.94. The number of aromatic nitrogens is 1. The van der Waals surface area contributed by atoms with Crippen LogP contribution in [0.1, 0.15) is 37.7 Å². The van der Waals surface area contributed by atoms with Crippen molar-refractivity contribution in [3.8, 4) is 0 Å².